The minimum absolute atomic E-state index is 0.535. The molecule has 85 valence electrons. The fourth-order valence-electron chi connectivity index (χ4n) is 1.52. The molecule has 18 heavy (non-hydrogen) atoms. The topological polar surface area (TPSA) is 77.3 Å². The normalized spacial score (nSPS) is 10.2. The molecule has 0 saturated heterocycles. The maximum absolute atomic E-state index is 4.23. The van der Waals surface area contributed by atoms with E-state index in [1.54, 1.807) is 43.2 Å². The molecule has 0 aliphatic rings. The van der Waals surface area contributed by atoms with Crippen molar-refractivity contribution < 1.29 is 0 Å². The minimum atomic E-state index is 0.535. The average Bonchev–Trinajstić information content (AvgIpc) is 2.49. The highest BCUT2D eigenvalue weighted by molar-refractivity contribution is 5.76. The molecule has 0 aliphatic carbocycles. The Balaban J connectivity index is 2.18. The zero-order valence-corrected chi connectivity index (χ0v) is 9.22. The van der Waals surface area contributed by atoms with Crippen molar-refractivity contribution in [2.45, 2.75) is 0 Å². The molecule has 1 radical (unpaired) electrons. The molecule has 3 aromatic rings. The lowest BCUT2D eigenvalue weighted by molar-refractivity contribution is 1.01. The highest BCUT2D eigenvalue weighted by Crippen LogP contribution is 2.25. The SMILES string of the molecule is [c]1nncc(-c2cnccn2)c1-c1ncccn1. The Hall–Kier alpha value is -2.76. The van der Waals surface area contributed by atoms with Crippen LogP contribution in [0.2, 0.25) is 0 Å². The smallest absolute Gasteiger partial charge is 0.162 e. The Bertz CT molecular complexity index is 582. The molecular formula is C12H7N6. The van der Waals surface area contributed by atoms with Gasteiger partial charge in [-0.25, -0.2) is 9.97 Å². The van der Waals surface area contributed by atoms with Gasteiger partial charge >= 0.3 is 0 Å². The maximum atomic E-state index is 4.23. The van der Waals surface area contributed by atoms with E-state index in [2.05, 4.69) is 36.3 Å². The lowest BCUT2D eigenvalue weighted by Gasteiger charge is -2.04. The number of aromatic nitrogens is 6. The van der Waals surface area contributed by atoms with Crippen LogP contribution in [0.15, 0.2) is 43.2 Å². The molecule has 3 aromatic heterocycles. The maximum Gasteiger partial charge on any atom is 0.162 e. The van der Waals surface area contributed by atoms with Crippen molar-refractivity contribution in [3.8, 4) is 22.6 Å². The van der Waals surface area contributed by atoms with Crippen molar-refractivity contribution in [1.29, 1.82) is 0 Å². The van der Waals surface area contributed by atoms with Crippen molar-refractivity contribution in [3.63, 3.8) is 0 Å². The van der Waals surface area contributed by atoms with Crippen molar-refractivity contribution in [3.05, 3.63) is 49.4 Å². The summed E-state index contributed by atoms with van der Waals surface area (Å²) in [6, 6.07) is 1.75. The van der Waals surface area contributed by atoms with Gasteiger partial charge in [0.2, 0.25) is 0 Å². The zero-order chi connectivity index (χ0) is 12.2. The van der Waals surface area contributed by atoms with Gasteiger partial charge in [-0.05, 0) is 6.07 Å². The van der Waals surface area contributed by atoms with Gasteiger partial charge in [-0.2, -0.15) is 5.10 Å². The fraction of sp³-hybridized carbons (Fsp3) is 0. The highest BCUT2D eigenvalue weighted by atomic mass is 15.1. The third kappa shape index (κ3) is 1.91. The predicted octanol–water partition coefficient (Wildman–Crippen LogP) is 1.19. The number of rotatable bonds is 2. The van der Waals surface area contributed by atoms with Crippen LogP contribution >= 0.6 is 0 Å². The lowest BCUT2D eigenvalue weighted by Crippen LogP contribution is -1.95. The number of hydrogen-bond donors (Lipinski definition) is 0. The van der Waals surface area contributed by atoms with Crippen LogP contribution < -0.4 is 0 Å². The first-order valence-electron chi connectivity index (χ1n) is 5.22. The molecular weight excluding hydrogens is 228 g/mol. The monoisotopic (exact) mass is 235 g/mol. The Labute approximate surface area is 103 Å². The van der Waals surface area contributed by atoms with Gasteiger partial charge in [-0.3, -0.25) is 9.97 Å². The van der Waals surface area contributed by atoms with E-state index < -0.39 is 0 Å². The van der Waals surface area contributed by atoms with E-state index in [1.807, 2.05) is 0 Å². The van der Waals surface area contributed by atoms with Crippen molar-refractivity contribution in [2.75, 3.05) is 0 Å². The van der Waals surface area contributed by atoms with Crippen LogP contribution in [-0.2, 0) is 0 Å². The van der Waals surface area contributed by atoms with Crippen LogP contribution in [0, 0.1) is 6.20 Å². The quantitative estimate of drug-likeness (QED) is 0.664. The Morgan fingerprint density at radius 3 is 2.56 bits per heavy atom. The summed E-state index contributed by atoms with van der Waals surface area (Å²) in [6.45, 7) is 0. The summed E-state index contributed by atoms with van der Waals surface area (Å²) in [4.78, 5) is 16.6. The third-order valence-corrected chi connectivity index (χ3v) is 2.30. The van der Waals surface area contributed by atoms with Crippen LogP contribution in [-0.4, -0.2) is 30.1 Å². The molecule has 3 rings (SSSR count). The Morgan fingerprint density at radius 1 is 0.889 bits per heavy atom. The molecule has 0 bridgehead atoms. The minimum Gasteiger partial charge on any atom is -0.261 e. The number of hydrogen-bond acceptors (Lipinski definition) is 6. The molecule has 0 amide bonds. The second kappa shape index (κ2) is 4.62. The van der Waals surface area contributed by atoms with Gasteiger partial charge in [0, 0.05) is 30.4 Å². The van der Waals surface area contributed by atoms with Crippen molar-refractivity contribution >= 4 is 0 Å². The second-order valence-corrected chi connectivity index (χ2v) is 3.41. The molecule has 0 N–H and O–H groups in total. The van der Waals surface area contributed by atoms with Crippen molar-refractivity contribution in [1.82, 2.24) is 30.1 Å². The molecule has 0 aliphatic heterocycles. The van der Waals surface area contributed by atoms with Gasteiger partial charge in [-0.15, -0.1) is 5.10 Å². The highest BCUT2D eigenvalue weighted by Gasteiger charge is 2.11. The summed E-state index contributed by atoms with van der Waals surface area (Å²) in [7, 11) is 0. The van der Waals surface area contributed by atoms with Gasteiger partial charge in [0.25, 0.3) is 0 Å². The first kappa shape index (κ1) is 10.4. The van der Waals surface area contributed by atoms with Crippen LogP contribution in [0.1, 0.15) is 0 Å². The molecule has 3 heterocycles. The van der Waals surface area contributed by atoms with Crippen LogP contribution in [0.4, 0.5) is 0 Å². The zero-order valence-electron chi connectivity index (χ0n) is 9.22. The summed E-state index contributed by atoms with van der Waals surface area (Å²) < 4.78 is 0. The van der Waals surface area contributed by atoms with E-state index in [9.17, 15) is 0 Å². The van der Waals surface area contributed by atoms with Gasteiger partial charge in [0.15, 0.2) is 5.82 Å². The summed E-state index contributed by atoms with van der Waals surface area (Å²) in [5, 5.41) is 7.56. The van der Waals surface area contributed by atoms with E-state index in [1.165, 1.54) is 0 Å². The Morgan fingerprint density at radius 2 is 1.78 bits per heavy atom. The molecule has 0 atom stereocenters. The van der Waals surface area contributed by atoms with Gasteiger partial charge in [-0.1, -0.05) is 0 Å². The molecule has 0 spiro atoms. The summed E-state index contributed by atoms with van der Waals surface area (Å²) >= 11 is 0. The first-order valence-corrected chi connectivity index (χ1v) is 5.22. The molecule has 6 heteroatoms. The molecule has 0 saturated carbocycles. The number of nitrogens with zero attached hydrogens (tertiary/aromatic N) is 6. The lowest BCUT2D eigenvalue weighted by atomic mass is 10.1. The van der Waals surface area contributed by atoms with Gasteiger partial charge in [0.1, 0.15) is 6.20 Å². The standard InChI is InChI=1S/C12H7N6/c1-2-15-12(16-3-1)10-7-18-17-6-9(10)11-8-13-4-5-14-11/h1-6,8H. The molecule has 0 unspecified atom stereocenters. The van der Waals surface area contributed by atoms with E-state index in [4.69, 9.17) is 0 Å². The summed E-state index contributed by atoms with van der Waals surface area (Å²) in [5.74, 6) is 0.535. The van der Waals surface area contributed by atoms with Crippen molar-refractivity contribution in [2.24, 2.45) is 0 Å². The largest absolute Gasteiger partial charge is 0.261 e. The van der Waals surface area contributed by atoms with E-state index >= 15 is 0 Å². The first-order chi connectivity index (χ1) is 8.95. The average molecular weight is 235 g/mol. The predicted molar refractivity (Wildman–Crippen MR) is 62.9 cm³/mol. The molecule has 6 nitrogen and oxygen atoms in total. The van der Waals surface area contributed by atoms with Gasteiger partial charge in [0.05, 0.1) is 23.7 Å². The van der Waals surface area contributed by atoms with Crippen LogP contribution in [0.25, 0.3) is 22.6 Å². The Kier molecular flexibility index (Phi) is 2.67. The fourth-order valence-corrected chi connectivity index (χ4v) is 1.52. The summed E-state index contributed by atoms with van der Waals surface area (Å²) in [6.07, 6.45) is 12.6. The van der Waals surface area contributed by atoms with E-state index in [-0.39, 0.29) is 0 Å². The van der Waals surface area contributed by atoms with Crippen LogP contribution in [0.3, 0.4) is 0 Å². The van der Waals surface area contributed by atoms with Crippen LogP contribution in [0.5, 0.6) is 0 Å². The summed E-state index contributed by atoms with van der Waals surface area (Å²) in [5.41, 5.74) is 2.10. The molecule has 0 fully saturated rings. The van der Waals surface area contributed by atoms with E-state index in [0.717, 1.165) is 5.56 Å². The molecule has 0 aromatic carbocycles. The second-order valence-electron chi connectivity index (χ2n) is 3.41. The third-order valence-electron chi connectivity index (χ3n) is 2.30. The van der Waals surface area contributed by atoms with Gasteiger partial charge < -0.3 is 0 Å². The van der Waals surface area contributed by atoms with E-state index in [0.29, 0.717) is 17.1 Å².